The number of epoxide rings is 1. The molecule has 7 atom stereocenters. The molecule has 3 saturated heterocycles. The van der Waals surface area contributed by atoms with Crippen LogP contribution in [0.5, 0.6) is 0 Å². The van der Waals surface area contributed by atoms with E-state index in [1.54, 1.807) is 0 Å². The van der Waals surface area contributed by atoms with Crippen molar-refractivity contribution in [1.82, 2.24) is 4.90 Å². The standard InChI is InChI=1S/C26H34ClNO4/c1-16-4-3-9-24(2)14-20-21(22-26(16,24)32-22)19(23(29)31-20)15-28-12-10-25(30,11-13-28)17-5-7-18(27)8-6-17/h5-8,16,19-22,30H,3-4,9-15H2,1-2H3/t16-,19+,20+,21+,22+,24+,26+/m0/s1. The Labute approximate surface area is 195 Å². The molecule has 3 aliphatic heterocycles. The maximum atomic E-state index is 13.0. The summed E-state index contributed by atoms with van der Waals surface area (Å²) in [5.41, 5.74) is 0.183. The second kappa shape index (κ2) is 7.18. The van der Waals surface area contributed by atoms with Crippen molar-refractivity contribution in [2.75, 3.05) is 19.6 Å². The fourth-order valence-electron chi connectivity index (χ4n) is 7.88. The number of hydrogen-bond donors (Lipinski definition) is 1. The monoisotopic (exact) mass is 459 g/mol. The minimum absolute atomic E-state index is 0.000727. The molecule has 1 N–H and O–H groups in total. The van der Waals surface area contributed by atoms with E-state index in [4.69, 9.17) is 21.1 Å². The first-order chi connectivity index (χ1) is 15.3. The van der Waals surface area contributed by atoms with Crippen LogP contribution in [0.15, 0.2) is 24.3 Å². The number of nitrogens with zero attached hydrogens (tertiary/aromatic N) is 1. The van der Waals surface area contributed by atoms with Gasteiger partial charge in [-0.3, -0.25) is 4.79 Å². The number of piperidine rings is 1. The summed E-state index contributed by atoms with van der Waals surface area (Å²) < 4.78 is 12.5. The van der Waals surface area contributed by atoms with Gasteiger partial charge in [-0.1, -0.05) is 44.0 Å². The Bertz CT molecular complexity index is 913. The molecular formula is C26H34ClNO4. The van der Waals surface area contributed by atoms with Crippen LogP contribution >= 0.6 is 11.6 Å². The van der Waals surface area contributed by atoms with E-state index in [2.05, 4.69) is 18.7 Å². The molecule has 0 aromatic heterocycles. The Morgan fingerprint density at radius 3 is 2.62 bits per heavy atom. The Kier molecular flexibility index (Phi) is 4.80. The van der Waals surface area contributed by atoms with Crippen molar-refractivity contribution in [2.24, 2.45) is 23.2 Å². The zero-order valence-electron chi connectivity index (χ0n) is 19.1. The van der Waals surface area contributed by atoms with Crippen LogP contribution in [0.2, 0.25) is 5.02 Å². The van der Waals surface area contributed by atoms with Gasteiger partial charge >= 0.3 is 5.97 Å². The fourth-order valence-corrected chi connectivity index (χ4v) is 8.00. The lowest BCUT2D eigenvalue weighted by molar-refractivity contribution is -0.147. The van der Waals surface area contributed by atoms with Gasteiger partial charge in [-0.05, 0) is 55.7 Å². The lowest BCUT2D eigenvalue weighted by atomic mass is 9.53. The molecule has 5 fully saturated rings. The summed E-state index contributed by atoms with van der Waals surface area (Å²) in [5, 5.41) is 11.9. The van der Waals surface area contributed by atoms with Crippen LogP contribution in [0, 0.1) is 23.2 Å². The highest BCUT2D eigenvalue weighted by Gasteiger charge is 2.78. The number of benzene rings is 1. The average molecular weight is 460 g/mol. The van der Waals surface area contributed by atoms with Gasteiger partial charge in [0.05, 0.1) is 17.6 Å². The highest BCUT2D eigenvalue weighted by atomic mass is 35.5. The van der Waals surface area contributed by atoms with Crippen LogP contribution in [0.1, 0.15) is 57.9 Å². The number of esters is 1. The van der Waals surface area contributed by atoms with Gasteiger partial charge in [-0.2, -0.15) is 0 Å². The van der Waals surface area contributed by atoms with Crippen LogP contribution in [-0.2, 0) is 19.9 Å². The molecule has 6 rings (SSSR count). The zero-order chi connectivity index (χ0) is 22.3. The molecule has 2 saturated carbocycles. The van der Waals surface area contributed by atoms with Gasteiger partial charge in [-0.25, -0.2) is 0 Å². The molecule has 1 aromatic rings. The topological polar surface area (TPSA) is 62.3 Å². The summed E-state index contributed by atoms with van der Waals surface area (Å²) in [6, 6.07) is 7.52. The lowest BCUT2D eigenvalue weighted by Gasteiger charge is -2.49. The quantitative estimate of drug-likeness (QED) is 0.543. The number of carbonyl (C=O) groups is 1. The third kappa shape index (κ3) is 2.97. The van der Waals surface area contributed by atoms with E-state index in [-0.39, 0.29) is 41.0 Å². The van der Waals surface area contributed by atoms with Gasteiger partial charge in [0.15, 0.2) is 0 Å². The first kappa shape index (κ1) is 21.4. The number of fused-ring (bicyclic) bond motifs is 2. The maximum absolute atomic E-state index is 13.0. The van der Waals surface area contributed by atoms with Gasteiger partial charge < -0.3 is 19.5 Å². The van der Waals surface area contributed by atoms with Crippen LogP contribution in [-0.4, -0.2) is 53.4 Å². The number of aliphatic hydroxyl groups is 1. The number of carbonyl (C=O) groups excluding carboxylic acids is 1. The van der Waals surface area contributed by atoms with Crippen LogP contribution < -0.4 is 0 Å². The predicted octanol–water partition coefficient (Wildman–Crippen LogP) is 4.15. The summed E-state index contributed by atoms with van der Waals surface area (Å²) in [5.74, 6) is 0.560. The van der Waals surface area contributed by atoms with Gasteiger partial charge in [0.25, 0.3) is 0 Å². The van der Waals surface area contributed by atoms with Crippen LogP contribution in [0.25, 0.3) is 0 Å². The number of ether oxygens (including phenoxy) is 2. The molecule has 0 amide bonds. The van der Waals surface area contributed by atoms with Crippen LogP contribution in [0.4, 0.5) is 0 Å². The number of likely N-dealkylation sites (tertiary alicyclic amines) is 1. The Morgan fingerprint density at radius 2 is 1.91 bits per heavy atom. The van der Waals surface area contributed by atoms with Crippen molar-refractivity contribution in [1.29, 1.82) is 0 Å². The molecule has 6 heteroatoms. The second-order valence-corrected chi connectivity index (χ2v) is 11.8. The maximum Gasteiger partial charge on any atom is 0.311 e. The van der Waals surface area contributed by atoms with Gasteiger partial charge in [0.2, 0.25) is 0 Å². The average Bonchev–Trinajstić information content (AvgIpc) is 3.44. The summed E-state index contributed by atoms with van der Waals surface area (Å²) in [4.78, 5) is 15.3. The van der Waals surface area contributed by atoms with Crippen molar-refractivity contribution in [3.05, 3.63) is 34.9 Å². The van der Waals surface area contributed by atoms with E-state index < -0.39 is 5.60 Å². The number of halogens is 1. The Balaban J connectivity index is 1.15. The van der Waals surface area contributed by atoms with Crippen molar-refractivity contribution >= 4 is 17.6 Å². The molecule has 3 heterocycles. The highest BCUT2D eigenvalue weighted by molar-refractivity contribution is 6.30. The SMILES string of the molecule is C[C@H]1CCC[C@]2(C)C[C@H]3OC(=O)[C@H](CN4CCC(O)(c5ccc(Cl)cc5)CC4)[C@H]3[C@H]3O[C@@]312. The molecule has 174 valence electrons. The number of hydrogen-bond acceptors (Lipinski definition) is 5. The summed E-state index contributed by atoms with van der Waals surface area (Å²) >= 11 is 6.01. The van der Waals surface area contributed by atoms with Crippen molar-refractivity contribution in [3.8, 4) is 0 Å². The van der Waals surface area contributed by atoms with Gasteiger partial charge in [0, 0.05) is 36.0 Å². The first-order valence-electron chi connectivity index (χ1n) is 12.3. The molecular weight excluding hydrogens is 426 g/mol. The Hall–Kier alpha value is -1.14. The number of rotatable bonds is 3. The van der Waals surface area contributed by atoms with E-state index in [1.165, 1.54) is 19.3 Å². The molecule has 1 aromatic carbocycles. The molecule has 2 aliphatic carbocycles. The minimum atomic E-state index is -0.826. The van der Waals surface area contributed by atoms with E-state index in [9.17, 15) is 9.90 Å². The second-order valence-electron chi connectivity index (χ2n) is 11.4. The molecule has 1 spiro atoms. The van der Waals surface area contributed by atoms with Crippen molar-refractivity contribution < 1.29 is 19.4 Å². The largest absolute Gasteiger partial charge is 0.462 e. The highest BCUT2D eigenvalue weighted by Crippen LogP contribution is 2.70. The first-order valence-corrected chi connectivity index (χ1v) is 12.7. The normalized spacial score (nSPS) is 44.9. The summed E-state index contributed by atoms with van der Waals surface area (Å²) in [6.07, 6.45) is 6.05. The Morgan fingerprint density at radius 1 is 1.19 bits per heavy atom. The van der Waals surface area contributed by atoms with Gasteiger partial charge in [0.1, 0.15) is 11.7 Å². The van der Waals surface area contributed by atoms with Gasteiger partial charge in [-0.15, -0.1) is 0 Å². The van der Waals surface area contributed by atoms with Crippen LogP contribution in [0.3, 0.4) is 0 Å². The smallest absolute Gasteiger partial charge is 0.311 e. The molecule has 5 aliphatic rings. The molecule has 0 unspecified atom stereocenters. The minimum Gasteiger partial charge on any atom is -0.462 e. The lowest BCUT2D eigenvalue weighted by Crippen LogP contribution is -2.55. The zero-order valence-corrected chi connectivity index (χ0v) is 19.8. The van der Waals surface area contributed by atoms with E-state index in [0.29, 0.717) is 30.3 Å². The fraction of sp³-hybridized carbons (Fsp3) is 0.731. The van der Waals surface area contributed by atoms with E-state index in [0.717, 1.165) is 25.1 Å². The molecule has 0 bridgehead atoms. The molecule has 32 heavy (non-hydrogen) atoms. The molecule has 0 radical (unpaired) electrons. The third-order valence-electron chi connectivity index (χ3n) is 9.71. The van der Waals surface area contributed by atoms with Crippen molar-refractivity contribution in [3.63, 3.8) is 0 Å². The molecule has 5 nitrogen and oxygen atoms in total. The van der Waals surface area contributed by atoms with E-state index in [1.807, 2.05) is 24.3 Å². The third-order valence-corrected chi connectivity index (χ3v) is 9.97. The summed E-state index contributed by atoms with van der Waals surface area (Å²) in [7, 11) is 0. The predicted molar refractivity (Wildman–Crippen MR) is 121 cm³/mol. The van der Waals surface area contributed by atoms with E-state index >= 15 is 0 Å². The summed E-state index contributed by atoms with van der Waals surface area (Å²) in [6.45, 7) is 6.95. The van der Waals surface area contributed by atoms with Crippen molar-refractivity contribution in [2.45, 2.75) is 75.8 Å².